The molecule has 1 aliphatic rings. The molecule has 2 atom stereocenters. The molecule has 1 aromatic carbocycles. The van der Waals surface area contributed by atoms with Crippen LogP contribution in [0.1, 0.15) is 45.1 Å². The molecule has 2 unspecified atom stereocenters. The maximum atomic E-state index is 5.50. The third-order valence-corrected chi connectivity index (χ3v) is 4.37. The Balaban J connectivity index is 2.14. The molecule has 1 aliphatic carbocycles. The van der Waals surface area contributed by atoms with Gasteiger partial charge in [-0.1, -0.05) is 32.8 Å². The van der Waals surface area contributed by atoms with Crippen LogP contribution in [0.25, 0.3) is 0 Å². The molecule has 0 aromatic heterocycles. The van der Waals surface area contributed by atoms with Crippen LogP contribution in [0.15, 0.2) is 18.2 Å². The predicted octanol–water partition coefficient (Wildman–Crippen LogP) is 4.63. The summed E-state index contributed by atoms with van der Waals surface area (Å²) in [6.07, 6.45) is 5.35. The van der Waals surface area contributed by atoms with Crippen molar-refractivity contribution in [3.8, 4) is 5.75 Å². The second-order valence-electron chi connectivity index (χ2n) is 6.15. The highest BCUT2D eigenvalue weighted by molar-refractivity contribution is 5.58. The Morgan fingerprint density at radius 2 is 1.95 bits per heavy atom. The smallest absolute Gasteiger partial charge is 0.142 e. The second-order valence-corrected chi connectivity index (χ2v) is 6.15. The summed E-state index contributed by atoms with van der Waals surface area (Å²) < 4.78 is 5.50. The first-order chi connectivity index (χ1) is 9.11. The summed E-state index contributed by atoms with van der Waals surface area (Å²) in [5, 5.41) is 3.73. The lowest BCUT2D eigenvalue weighted by atomic mass is 9.78. The summed E-state index contributed by atoms with van der Waals surface area (Å²) in [7, 11) is 1.75. The first-order valence-corrected chi connectivity index (χ1v) is 7.53. The van der Waals surface area contributed by atoms with Gasteiger partial charge in [0, 0.05) is 6.04 Å². The summed E-state index contributed by atoms with van der Waals surface area (Å²) in [5.41, 5.74) is 2.39. The normalized spacial score (nSPS) is 23.4. The van der Waals surface area contributed by atoms with E-state index in [0.29, 0.717) is 6.04 Å². The average molecular weight is 261 g/mol. The first kappa shape index (κ1) is 14.2. The van der Waals surface area contributed by atoms with Gasteiger partial charge in [-0.25, -0.2) is 0 Å². The van der Waals surface area contributed by atoms with Gasteiger partial charge in [0.2, 0.25) is 0 Å². The van der Waals surface area contributed by atoms with E-state index in [4.69, 9.17) is 4.74 Å². The molecule has 1 saturated carbocycles. The lowest BCUT2D eigenvalue weighted by molar-refractivity contribution is 0.253. The molecule has 2 rings (SSSR count). The van der Waals surface area contributed by atoms with E-state index in [9.17, 15) is 0 Å². The molecule has 0 spiro atoms. The maximum Gasteiger partial charge on any atom is 0.142 e. The maximum absolute atomic E-state index is 5.50. The van der Waals surface area contributed by atoms with E-state index in [-0.39, 0.29) is 0 Å². The second kappa shape index (κ2) is 6.31. The topological polar surface area (TPSA) is 21.3 Å². The van der Waals surface area contributed by atoms with Crippen LogP contribution in [0.5, 0.6) is 5.75 Å². The Bertz CT molecular complexity index is 414. The van der Waals surface area contributed by atoms with Crippen molar-refractivity contribution in [3.05, 3.63) is 23.8 Å². The fourth-order valence-electron chi connectivity index (χ4n) is 3.25. The van der Waals surface area contributed by atoms with Crippen LogP contribution in [-0.4, -0.2) is 13.2 Å². The summed E-state index contributed by atoms with van der Waals surface area (Å²) >= 11 is 0. The van der Waals surface area contributed by atoms with Crippen LogP contribution < -0.4 is 10.1 Å². The van der Waals surface area contributed by atoms with Crippen molar-refractivity contribution < 1.29 is 4.74 Å². The molecule has 0 amide bonds. The number of anilines is 1. The van der Waals surface area contributed by atoms with E-state index in [1.807, 2.05) is 0 Å². The third-order valence-electron chi connectivity index (χ3n) is 4.37. The van der Waals surface area contributed by atoms with Gasteiger partial charge in [0.15, 0.2) is 0 Å². The quantitative estimate of drug-likeness (QED) is 0.853. The fraction of sp³-hybridized carbons (Fsp3) is 0.647. The Labute approximate surface area is 117 Å². The minimum atomic E-state index is 0.588. The summed E-state index contributed by atoms with van der Waals surface area (Å²) in [6, 6.07) is 7.00. The highest BCUT2D eigenvalue weighted by atomic mass is 16.5. The van der Waals surface area contributed by atoms with Crippen LogP contribution in [0.2, 0.25) is 0 Å². The Kier molecular flexibility index (Phi) is 4.73. The van der Waals surface area contributed by atoms with Crippen molar-refractivity contribution in [3.63, 3.8) is 0 Å². The van der Waals surface area contributed by atoms with Gasteiger partial charge in [0.25, 0.3) is 0 Å². The first-order valence-electron chi connectivity index (χ1n) is 7.53. The number of methoxy groups -OCH3 is 1. The van der Waals surface area contributed by atoms with E-state index in [1.54, 1.807) is 7.11 Å². The zero-order valence-corrected chi connectivity index (χ0v) is 12.7. The highest BCUT2D eigenvalue weighted by Gasteiger charge is 2.27. The van der Waals surface area contributed by atoms with Gasteiger partial charge < -0.3 is 10.1 Å². The monoisotopic (exact) mass is 261 g/mol. The van der Waals surface area contributed by atoms with Crippen molar-refractivity contribution in [2.75, 3.05) is 12.4 Å². The molecule has 2 nitrogen and oxygen atoms in total. The van der Waals surface area contributed by atoms with Gasteiger partial charge in [-0.05, 0) is 49.3 Å². The number of hydrogen-bond acceptors (Lipinski definition) is 2. The van der Waals surface area contributed by atoms with E-state index >= 15 is 0 Å². The van der Waals surface area contributed by atoms with Crippen molar-refractivity contribution >= 4 is 5.69 Å². The molecule has 19 heavy (non-hydrogen) atoms. The molecule has 106 valence electrons. The fourth-order valence-corrected chi connectivity index (χ4v) is 3.25. The van der Waals surface area contributed by atoms with Gasteiger partial charge >= 0.3 is 0 Å². The van der Waals surface area contributed by atoms with Gasteiger partial charge in [0.05, 0.1) is 12.8 Å². The number of benzene rings is 1. The molecular formula is C17H27NO. The SMILES string of the molecule is COc1cc(C)ccc1NC1CCCCC1C(C)C. The van der Waals surface area contributed by atoms with E-state index in [2.05, 4.69) is 44.3 Å². The standard InChI is InChI=1S/C17H27NO/c1-12(2)14-7-5-6-8-15(14)18-16-10-9-13(3)11-17(16)19-4/h9-12,14-15,18H,5-8H2,1-4H3. The van der Waals surface area contributed by atoms with E-state index in [1.165, 1.54) is 31.2 Å². The molecule has 0 radical (unpaired) electrons. The molecule has 1 N–H and O–H groups in total. The summed E-state index contributed by atoms with van der Waals surface area (Å²) in [6.45, 7) is 6.79. The molecular weight excluding hydrogens is 234 g/mol. The summed E-state index contributed by atoms with van der Waals surface area (Å²) in [5.74, 6) is 2.49. The van der Waals surface area contributed by atoms with Crippen LogP contribution in [-0.2, 0) is 0 Å². The minimum Gasteiger partial charge on any atom is -0.495 e. The Morgan fingerprint density at radius 3 is 2.63 bits per heavy atom. The number of nitrogens with one attached hydrogen (secondary N) is 1. The molecule has 0 aliphatic heterocycles. The average Bonchev–Trinajstić information content (AvgIpc) is 2.41. The summed E-state index contributed by atoms with van der Waals surface area (Å²) in [4.78, 5) is 0. The van der Waals surface area contributed by atoms with Crippen molar-refractivity contribution in [1.29, 1.82) is 0 Å². The Morgan fingerprint density at radius 1 is 1.21 bits per heavy atom. The van der Waals surface area contributed by atoms with Crippen LogP contribution in [0, 0.1) is 18.8 Å². The molecule has 0 bridgehead atoms. The highest BCUT2D eigenvalue weighted by Crippen LogP contribution is 2.34. The number of ether oxygens (including phenoxy) is 1. The van der Waals surface area contributed by atoms with Gasteiger partial charge in [-0.3, -0.25) is 0 Å². The number of rotatable bonds is 4. The molecule has 1 fully saturated rings. The van der Waals surface area contributed by atoms with Crippen LogP contribution in [0.4, 0.5) is 5.69 Å². The van der Waals surface area contributed by atoms with Crippen molar-refractivity contribution in [2.45, 2.75) is 52.5 Å². The third kappa shape index (κ3) is 3.43. The van der Waals surface area contributed by atoms with E-state index in [0.717, 1.165) is 23.3 Å². The van der Waals surface area contributed by atoms with Crippen LogP contribution in [0.3, 0.4) is 0 Å². The molecule has 1 aromatic rings. The number of hydrogen-bond donors (Lipinski definition) is 1. The van der Waals surface area contributed by atoms with Gasteiger partial charge in [0.1, 0.15) is 5.75 Å². The number of aryl methyl sites for hydroxylation is 1. The molecule has 2 heteroatoms. The zero-order chi connectivity index (χ0) is 13.8. The lowest BCUT2D eigenvalue weighted by Gasteiger charge is -2.35. The van der Waals surface area contributed by atoms with Gasteiger partial charge in [-0.2, -0.15) is 0 Å². The zero-order valence-electron chi connectivity index (χ0n) is 12.7. The largest absolute Gasteiger partial charge is 0.495 e. The van der Waals surface area contributed by atoms with Gasteiger partial charge in [-0.15, -0.1) is 0 Å². The molecule has 0 heterocycles. The van der Waals surface area contributed by atoms with Crippen molar-refractivity contribution in [2.24, 2.45) is 11.8 Å². The lowest BCUT2D eigenvalue weighted by Crippen LogP contribution is -2.35. The Hall–Kier alpha value is -1.18. The predicted molar refractivity (Wildman–Crippen MR) is 81.9 cm³/mol. The minimum absolute atomic E-state index is 0.588. The van der Waals surface area contributed by atoms with E-state index < -0.39 is 0 Å². The molecule has 0 saturated heterocycles. The van der Waals surface area contributed by atoms with Crippen molar-refractivity contribution in [1.82, 2.24) is 0 Å². The van der Waals surface area contributed by atoms with Crippen LogP contribution >= 0.6 is 0 Å².